The molecule has 1 fully saturated rings. The predicted octanol–water partition coefficient (Wildman–Crippen LogP) is 2.38. The van der Waals surface area contributed by atoms with Crippen LogP contribution in [-0.2, 0) is 16.1 Å². The van der Waals surface area contributed by atoms with Crippen LogP contribution in [0.5, 0.6) is 0 Å². The number of ether oxygens (including phenoxy) is 1. The first kappa shape index (κ1) is 13.9. The molecule has 1 N–H and O–H groups in total. The molecule has 0 aliphatic heterocycles. The summed E-state index contributed by atoms with van der Waals surface area (Å²) in [5.74, 6) is 0.927. The van der Waals surface area contributed by atoms with Crippen LogP contribution in [0.3, 0.4) is 0 Å². The lowest BCUT2D eigenvalue weighted by Crippen LogP contribution is -2.59. The predicted molar refractivity (Wildman–Crippen MR) is 75.1 cm³/mol. The van der Waals surface area contributed by atoms with E-state index < -0.39 is 11.6 Å². The first-order chi connectivity index (χ1) is 9.13. The number of alkyl carbamates (subject to hydrolysis) is 1. The first-order valence-corrected chi connectivity index (χ1v) is 7.52. The van der Waals surface area contributed by atoms with Crippen LogP contribution in [-0.4, -0.2) is 29.4 Å². The van der Waals surface area contributed by atoms with Gasteiger partial charge in [0.15, 0.2) is 0 Å². The zero-order valence-electron chi connectivity index (χ0n) is 10.8. The summed E-state index contributed by atoms with van der Waals surface area (Å²) in [5.41, 5.74) is 0.547. The molecule has 102 valence electrons. The molecule has 1 saturated carbocycles. The molecule has 1 aromatic rings. The second-order valence-corrected chi connectivity index (χ2v) is 5.66. The molecule has 0 radical (unpaired) electrons. The number of benzene rings is 1. The van der Waals surface area contributed by atoms with Gasteiger partial charge in [0.1, 0.15) is 12.4 Å². The Balaban J connectivity index is 1.82. The summed E-state index contributed by atoms with van der Waals surface area (Å²) >= 11 is 1.62. The molecule has 0 bridgehead atoms. The number of ketones is 1. The average molecular weight is 279 g/mol. The van der Waals surface area contributed by atoms with Crippen molar-refractivity contribution in [2.24, 2.45) is 0 Å². The van der Waals surface area contributed by atoms with Gasteiger partial charge in [0, 0.05) is 18.6 Å². The van der Waals surface area contributed by atoms with Crippen LogP contribution in [0.1, 0.15) is 18.4 Å². The van der Waals surface area contributed by atoms with E-state index >= 15 is 0 Å². The highest BCUT2D eigenvalue weighted by Crippen LogP contribution is 2.31. The fourth-order valence-corrected chi connectivity index (χ4v) is 3.01. The van der Waals surface area contributed by atoms with Gasteiger partial charge in [0.05, 0.1) is 5.54 Å². The SMILES string of the molecule is CSCC1(NC(=O)OCc2ccccc2)CC(=O)C1. The van der Waals surface area contributed by atoms with E-state index in [1.807, 2.05) is 36.6 Å². The van der Waals surface area contributed by atoms with Crippen molar-refractivity contribution in [3.63, 3.8) is 0 Å². The molecule has 1 aromatic carbocycles. The maximum absolute atomic E-state index is 11.8. The minimum Gasteiger partial charge on any atom is -0.445 e. The lowest BCUT2D eigenvalue weighted by molar-refractivity contribution is -0.128. The number of thioether (sulfide) groups is 1. The smallest absolute Gasteiger partial charge is 0.407 e. The topological polar surface area (TPSA) is 55.4 Å². The Morgan fingerprint density at radius 1 is 1.37 bits per heavy atom. The highest BCUT2D eigenvalue weighted by atomic mass is 32.2. The Hall–Kier alpha value is -1.49. The third-order valence-corrected chi connectivity index (χ3v) is 3.91. The van der Waals surface area contributed by atoms with E-state index in [1.165, 1.54) is 0 Å². The van der Waals surface area contributed by atoms with Crippen LogP contribution in [0.15, 0.2) is 30.3 Å². The third kappa shape index (κ3) is 3.73. The van der Waals surface area contributed by atoms with Crippen LogP contribution in [0.25, 0.3) is 0 Å². The van der Waals surface area contributed by atoms with Gasteiger partial charge < -0.3 is 10.1 Å². The molecule has 2 rings (SSSR count). The summed E-state index contributed by atoms with van der Waals surface area (Å²) in [4.78, 5) is 22.9. The standard InChI is InChI=1S/C14H17NO3S/c1-19-10-14(7-12(16)8-14)15-13(17)18-9-11-5-3-2-4-6-11/h2-6H,7-10H2,1H3,(H,15,17). The molecule has 0 unspecified atom stereocenters. The van der Waals surface area contributed by atoms with Crippen molar-refractivity contribution >= 4 is 23.6 Å². The first-order valence-electron chi connectivity index (χ1n) is 6.13. The van der Waals surface area contributed by atoms with Crippen LogP contribution in [0.4, 0.5) is 4.79 Å². The molecule has 0 aromatic heterocycles. The number of carbonyl (C=O) groups is 2. The van der Waals surface area contributed by atoms with Crippen molar-refractivity contribution in [1.29, 1.82) is 0 Å². The van der Waals surface area contributed by atoms with Crippen molar-refractivity contribution in [1.82, 2.24) is 5.32 Å². The fraction of sp³-hybridized carbons (Fsp3) is 0.429. The van der Waals surface area contributed by atoms with Crippen LogP contribution >= 0.6 is 11.8 Å². The minimum atomic E-state index is -0.453. The summed E-state index contributed by atoms with van der Waals surface area (Å²) in [7, 11) is 0. The molecule has 1 aliphatic carbocycles. The van der Waals surface area contributed by atoms with E-state index in [-0.39, 0.29) is 12.4 Å². The molecule has 0 spiro atoms. The van der Waals surface area contributed by atoms with Crippen molar-refractivity contribution in [2.75, 3.05) is 12.0 Å². The highest BCUT2D eigenvalue weighted by Gasteiger charge is 2.44. The zero-order valence-corrected chi connectivity index (χ0v) is 11.7. The van der Waals surface area contributed by atoms with Gasteiger partial charge in [-0.25, -0.2) is 4.79 Å². The zero-order chi connectivity index (χ0) is 13.7. The molecule has 5 heteroatoms. The van der Waals surface area contributed by atoms with Gasteiger partial charge in [-0.05, 0) is 11.8 Å². The maximum Gasteiger partial charge on any atom is 0.407 e. The van der Waals surface area contributed by atoms with Gasteiger partial charge >= 0.3 is 6.09 Å². The van der Waals surface area contributed by atoms with E-state index in [9.17, 15) is 9.59 Å². The lowest BCUT2D eigenvalue weighted by atomic mass is 9.77. The van der Waals surface area contributed by atoms with Gasteiger partial charge in [-0.1, -0.05) is 30.3 Å². The monoisotopic (exact) mass is 279 g/mol. The summed E-state index contributed by atoms with van der Waals surface area (Å²) < 4.78 is 5.17. The van der Waals surface area contributed by atoms with Crippen molar-refractivity contribution in [2.45, 2.75) is 25.0 Å². The van der Waals surface area contributed by atoms with Gasteiger partial charge in [-0.2, -0.15) is 11.8 Å². The number of carbonyl (C=O) groups excluding carboxylic acids is 2. The van der Waals surface area contributed by atoms with E-state index in [0.717, 1.165) is 11.3 Å². The second kappa shape index (κ2) is 6.10. The van der Waals surface area contributed by atoms with Crippen molar-refractivity contribution in [3.05, 3.63) is 35.9 Å². The summed E-state index contributed by atoms with van der Waals surface area (Å²) in [6.07, 6.45) is 2.33. The minimum absolute atomic E-state index is 0.192. The number of hydrogen-bond donors (Lipinski definition) is 1. The van der Waals surface area contributed by atoms with E-state index in [2.05, 4.69) is 5.32 Å². The van der Waals surface area contributed by atoms with E-state index in [0.29, 0.717) is 12.8 Å². The molecule has 1 aliphatic rings. The quantitative estimate of drug-likeness (QED) is 0.899. The van der Waals surface area contributed by atoms with E-state index in [1.54, 1.807) is 11.8 Å². The Morgan fingerprint density at radius 3 is 2.63 bits per heavy atom. The molecular formula is C14H17NO3S. The van der Waals surface area contributed by atoms with Crippen LogP contribution in [0, 0.1) is 0 Å². The highest BCUT2D eigenvalue weighted by molar-refractivity contribution is 7.98. The van der Waals surface area contributed by atoms with Gasteiger partial charge in [0.2, 0.25) is 0 Å². The van der Waals surface area contributed by atoms with Gasteiger partial charge in [-0.3, -0.25) is 4.79 Å². The Bertz CT molecular complexity index is 453. The van der Waals surface area contributed by atoms with Crippen molar-refractivity contribution in [3.8, 4) is 0 Å². The normalized spacial score (nSPS) is 16.6. The molecule has 0 saturated heterocycles. The number of amides is 1. The number of nitrogens with one attached hydrogen (secondary N) is 1. The summed E-state index contributed by atoms with van der Waals surface area (Å²) in [5, 5.41) is 2.83. The fourth-order valence-electron chi connectivity index (χ4n) is 2.18. The number of Topliss-reactive ketones (excluding diaryl/α,β-unsaturated/α-hetero) is 1. The Kier molecular flexibility index (Phi) is 4.47. The van der Waals surface area contributed by atoms with Crippen molar-refractivity contribution < 1.29 is 14.3 Å². The molecule has 0 atom stereocenters. The molecule has 4 nitrogen and oxygen atoms in total. The third-order valence-electron chi connectivity index (χ3n) is 3.07. The summed E-state index contributed by atoms with van der Waals surface area (Å²) in [6.45, 7) is 0.246. The second-order valence-electron chi connectivity index (χ2n) is 4.79. The number of hydrogen-bond acceptors (Lipinski definition) is 4. The van der Waals surface area contributed by atoms with Crippen LogP contribution < -0.4 is 5.32 Å². The Morgan fingerprint density at radius 2 is 2.05 bits per heavy atom. The lowest BCUT2D eigenvalue weighted by Gasteiger charge is -2.40. The molecular weight excluding hydrogens is 262 g/mol. The molecule has 1 amide bonds. The maximum atomic E-state index is 11.8. The summed E-state index contributed by atoms with van der Waals surface area (Å²) in [6, 6.07) is 9.51. The largest absolute Gasteiger partial charge is 0.445 e. The van der Waals surface area contributed by atoms with Crippen LogP contribution in [0.2, 0.25) is 0 Å². The average Bonchev–Trinajstić information content (AvgIpc) is 2.36. The number of rotatable bonds is 5. The van der Waals surface area contributed by atoms with E-state index in [4.69, 9.17) is 4.74 Å². The van der Waals surface area contributed by atoms with Gasteiger partial charge in [0.25, 0.3) is 0 Å². The molecule has 0 heterocycles. The molecule has 19 heavy (non-hydrogen) atoms. The Labute approximate surface area is 116 Å². The van der Waals surface area contributed by atoms with Gasteiger partial charge in [-0.15, -0.1) is 0 Å².